The van der Waals surface area contributed by atoms with E-state index in [1.165, 1.54) is 16.7 Å². The van der Waals surface area contributed by atoms with Gasteiger partial charge in [-0.05, 0) is 50.6 Å². The number of nitrogens with one attached hydrogen (secondary N) is 1. The van der Waals surface area contributed by atoms with Crippen molar-refractivity contribution in [3.63, 3.8) is 0 Å². The van der Waals surface area contributed by atoms with Gasteiger partial charge in [-0.3, -0.25) is 0 Å². The van der Waals surface area contributed by atoms with Crippen molar-refractivity contribution in [1.82, 2.24) is 5.32 Å². The standard InChI is InChI=1S/C19H25NO/c1-5-16-8-10-17(11-9-16)19(20-4)15(3)21-18-12-6-14(2)7-13-18/h6-13,15,19-20H,5H2,1-4H3. The van der Waals surface area contributed by atoms with Gasteiger partial charge in [-0.2, -0.15) is 0 Å². The maximum atomic E-state index is 6.07. The quantitative estimate of drug-likeness (QED) is 0.854. The number of likely N-dealkylation sites (N-methyl/N-ethyl adjacent to an activating group) is 1. The molecule has 2 atom stereocenters. The Morgan fingerprint density at radius 1 is 1.00 bits per heavy atom. The van der Waals surface area contributed by atoms with Crippen molar-refractivity contribution >= 4 is 0 Å². The lowest BCUT2D eigenvalue weighted by Gasteiger charge is -2.25. The molecule has 0 aliphatic heterocycles. The zero-order valence-corrected chi connectivity index (χ0v) is 13.4. The number of benzene rings is 2. The third-order valence-electron chi connectivity index (χ3n) is 3.87. The van der Waals surface area contributed by atoms with Crippen molar-refractivity contribution in [3.05, 3.63) is 65.2 Å². The Morgan fingerprint density at radius 3 is 2.14 bits per heavy atom. The van der Waals surface area contributed by atoms with Crippen LogP contribution in [-0.2, 0) is 6.42 Å². The minimum atomic E-state index is 0.0604. The van der Waals surface area contributed by atoms with Crippen LogP contribution < -0.4 is 10.1 Å². The average Bonchev–Trinajstić information content (AvgIpc) is 2.51. The summed E-state index contributed by atoms with van der Waals surface area (Å²) in [7, 11) is 1.98. The Balaban J connectivity index is 2.09. The zero-order chi connectivity index (χ0) is 15.2. The highest BCUT2D eigenvalue weighted by atomic mass is 16.5. The fraction of sp³-hybridized carbons (Fsp3) is 0.368. The summed E-state index contributed by atoms with van der Waals surface area (Å²) in [5.74, 6) is 0.915. The number of ether oxygens (including phenoxy) is 1. The van der Waals surface area contributed by atoms with E-state index in [9.17, 15) is 0 Å². The van der Waals surface area contributed by atoms with E-state index >= 15 is 0 Å². The highest BCUT2D eigenvalue weighted by molar-refractivity contribution is 5.28. The maximum Gasteiger partial charge on any atom is 0.119 e. The Kier molecular flexibility index (Phi) is 5.40. The second kappa shape index (κ2) is 7.28. The van der Waals surface area contributed by atoms with Gasteiger partial charge in [0.25, 0.3) is 0 Å². The van der Waals surface area contributed by atoms with Gasteiger partial charge in [0.1, 0.15) is 11.9 Å². The second-order valence-corrected chi connectivity index (χ2v) is 5.50. The smallest absolute Gasteiger partial charge is 0.119 e. The van der Waals surface area contributed by atoms with E-state index in [-0.39, 0.29) is 12.1 Å². The monoisotopic (exact) mass is 283 g/mol. The summed E-state index contributed by atoms with van der Waals surface area (Å²) in [4.78, 5) is 0. The van der Waals surface area contributed by atoms with Crippen molar-refractivity contribution < 1.29 is 4.74 Å². The average molecular weight is 283 g/mol. The fourth-order valence-electron chi connectivity index (χ4n) is 2.53. The molecule has 0 saturated heterocycles. The summed E-state index contributed by atoms with van der Waals surface area (Å²) < 4.78 is 6.07. The highest BCUT2D eigenvalue weighted by Gasteiger charge is 2.19. The van der Waals surface area contributed by atoms with Gasteiger partial charge in [-0.25, -0.2) is 0 Å². The molecule has 0 saturated carbocycles. The highest BCUT2D eigenvalue weighted by Crippen LogP contribution is 2.22. The van der Waals surface area contributed by atoms with E-state index < -0.39 is 0 Å². The molecule has 0 spiro atoms. The first kappa shape index (κ1) is 15.6. The first-order valence-corrected chi connectivity index (χ1v) is 7.63. The summed E-state index contributed by atoms with van der Waals surface area (Å²) in [6.45, 7) is 6.36. The van der Waals surface area contributed by atoms with Crippen molar-refractivity contribution in [2.24, 2.45) is 0 Å². The molecule has 0 heterocycles. The molecule has 2 aromatic rings. The number of hydrogen-bond acceptors (Lipinski definition) is 2. The molecule has 0 bridgehead atoms. The number of aryl methyl sites for hydroxylation is 2. The van der Waals surface area contributed by atoms with E-state index in [1.807, 2.05) is 19.2 Å². The lowest BCUT2D eigenvalue weighted by atomic mass is 10.0. The Morgan fingerprint density at radius 2 is 1.62 bits per heavy atom. The molecule has 112 valence electrons. The van der Waals surface area contributed by atoms with Gasteiger partial charge >= 0.3 is 0 Å². The fourth-order valence-corrected chi connectivity index (χ4v) is 2.53. The van der Waals surface area contributed by atoms with Gasteiger partial charge in [0.15, 0.2) is 0 Å². The molecular weight excluding hydrogens is 258 g/mol. The summed E-state index contributed by atoms with van der Waals surface area (Å²) >= 11 is 0. The van der Waals surface area contributed by atoms with Crippen LogP contribution in [0.15, 0.2) is 48.5 Å². The molecule has 0 aliphatic rings. The van der Waals surface area contributed by atoms with Crippen LogP contribution in [-0.4, -0.2) is 13.2 Å². The third kappa shape index (κ3) is 4.08. The lowest BCUT2D eigenvalue weighted by Crippen LogP contribution is -2.31. The number of rotatable bonds is 6. The maximum absolute atomic E-state index is 6.07. The molecule has 2 nitrogen and oxygen atoms in total. The van der Waals surface area contributed by atoms with E-state index in [0.717, 1.165) is 12.2 Å². The van der Waals surface area contributed by atoms with Crippen LogP contribution in [0.1, 0.15) is 36.6 Å². The molecule has 2 aromatic carbocycles. The predicted octanol–water partition coefficient (Wildman–Crippen LogP) is 4.29. The molecule has 0 aromatic heterocycles. The van der Waals surface area contributed by atoms with Crippen molar-refractivity contribution in [1.29, 1.82) is 0 Å². The van der Waals surface area contributed by atoms with Gasteiger partial charge in [0, 0.05) is 0 Å². The first-order valence-electron chi connectivity index (χ1n) is 7.63. The molecule has 21 heavy (non-hydrogen) atoms. The molecule has 2 heteroatoms. The minimum Gasteiger partial charge on any atom is -0.489 e. The van der Waals surface area contributed by atoms with Crippen molar-refractivity contribution in [2.45, 2.75) is 39.3 Å². The lowest BCUT2D eigenvalue weighted by molar-refractivity contribution is 0.175. The molecule has 1 N–H and O–H groups in total. The summed E-state index contributed by atoms with van der Waals surface area (Å²) in [6, 6.07) is 17.1. The van der Waals surface area contributed by atoms with Gasteiger partial charge in [-0.15, -0.1) is 0 Å². The van der Waals surface area contributed by atoms with Crippen LogP contribution >= 0.6 is 0 Å². The van der Waals surface area contributed by atoms with Crippen molar-refractivity contribution in [2.75, 3.05) is 7.05 Å². The number of hydrogen-bond donors (Lipinski definition) is 1. The Bertz CT molecular complexity index is 545. The van der Waals surface area contributed by atoms with E-state index in [4.69, 9.17) is 4.74 Å². The molecule has 0 fully saturated rings. The largest absolute Gasteiger partial charge is 0.489 e. The van der Waals surface area contributed by atoms with E-state index in [2.05, 4.69) is 62.5 Å². The van der Waals surface area contributed by atoms with Crippen LogP contribution in [0.25, 0.3) is 0 Å². The molecular formula is C19H25NO. The van der Waals surface area contributed by atoms with Crippen molar-refractivity contribution in [3.8, 4) is 5.75 Å². The van der Waals surface area contributed by atoms with Gasteiger partial charge in [0.2, 0.25) is 0 Å². The van der Waals surface area contributed by atoms with E-state index in [1.54, 1.807) is 0 Å². The van der Waals surface area contributed by atoms with Gasteiger partial charge < -0.3 is 10.1 Å². The summed E-state index contributed by atoms with van der Waals surface area (Å²) in [5, 5.41) is 3.36. The van der Waals surface area contributed by atoms with Crippen LogP contribution in [0.2, 0.25) is 0 Å². The van der Waals surface area contributed by atoms with Gasteiger partial charge in [-0.1, -0.05) is 48.9 Å². The minimum absolute atomic E-state index is 0.0604. The molecule has 0 amide bonds. The van der Waals surface area contributed by atoms with Crippen LogP contribution in [0.5, 0.6) is 5.75 Å². The van der Waals surface area contributed by atoms with Crippen LogP contribution in [0.4, 0.5) is 0 Å². The normalized spacial score (nSPS) is 13.7. The van der Waals surface area contributed by atoms with E-state index in [0.29, 0.717) is 0 Å². The summed E-state index contributed by atoms with van der Waals surface area (Å²) in [6.07, 6.45) is 1.13. The molecule has 0 aliphatic carbocycles. The Hall–Kier alpha value is -1.80. The Labute approximate surface area is 128 Å². The molecule has 0 radical (unpaired) electrons. The summed E-state index contributed by atoms with van der Waals surface area (Å²) in [5.41, 5.74) is 3.87. The third-order valence-corrected chi connectivity index (χ3v) is 3.87. The first-order chi connectivity index (χ1) is 10.1. The topological polar surface area (TPSA) is 21.3 Å². The SMILES string of the molecule is CCc1ccc(C(NC)C(C)Oc2ccc(C)cc2)cc1. The molecule has 2 rings (SSSR count). The molecule has 2 unspecified atom stereocenters. The zero-order valence-electron chi connectivity index (χ0n) is 13.4. The van der Waals surface area contributed by atoms with Crippen LogP contribution in [0.3, 0.4) is 0 Å². The van der Waals surface area contributed by atoms with Gasteiger partial charge in [0.05, 0.1) is 6.04 Å². The van der Waals surface area contributed by atoms with Crippen LogP contribution in [0, 0.1) is 6.92 Å². The predicted molar refractivity (Wildman–Crippen MR) is 88.9 cm³/mol. The second-order valence-electron chi connectivity index (χ2n) is 5.50.